The molecular weight excluding hydrogens is 296 g/mol. The molecule has 0 saturated carbocycles. The van der Waals surface area contributed by atoms with E-state index >= 15 is 0 Å². The van der Waals surface area contributed by atoms with Crippen molar-refractivity contribution in [2.24, 2.45) is 0 Å². The number of fused-ring (bicyclic) bond motifs is 1. The van der Waals surface area contributed by atoms with E-state index in [-0.39, 0.29) is 23.2 Å². The van der Waals surface area contributed by atoms with Crippen LogP contribution in [0.2, 0.25) is 0 Å². The van der Waals surface area contributed by atoms with Gasteiger partial charge < -0.3 is 0 Å². The molecule has 20 heavy (non-hydrogen) atoms. The number of piperidine rings is 1. The van der Waals surface area contributed by atoms with Crippen LogP contribution in [-0.2, 0) is 22.0 Å². The zero-order valence-corrected chi connectivity index (χ0v) is 12.5. The van der Waals surface area contributed by atoms with Crippen molar-refractivity contribution in [3.63, 3.8) is 0 Å². The maximum atomic E-state index is 12.0. The third kappa shape index (κ3) is 2.34. The predicted molar refractivity (Wildman–Crippen MR) is 79.4 cm³/mol. The molecule has 4 nitrogen and oxygen atoms in total. The summed E-state index contributed by atoms with van der Waals surface area (Å²) in [5, 5.41) is 2.29. The molecule has 1 fully saturated rings. The Kier molecular flexibility index (Phi) is 3.75. The van der Waals surface area contributed by atoms with Gasteiger partial charge >= 0.3 is 0 Å². The fourth-order valence-electron chi connectivity index (χ4n) is 2.87. The van der Waals surface area contributed by atoms with Gasteiger partial charge in [-0.25, -0.2) is 0 Å². The molecule has 106 valence electrons. The molecule has 2 aliphatic rings. The van der Waals surface area contributed by atoms with Crippen LogP contribution < -0.4 is 5.32 Å². The number of hydrogen-bond donors (Lipinski definition) is 2. The third-order valence-electron chi connectivity index (χ3n) is 3.92. The highest BCUT2D eigenvalue weighted by Gasteiger charge is 2.38. The molecule has 3 rings (SSSR count). The van der Waals surface area contributed by atoms with Gasteiger partial charge in [0.1, 0.15) is 0 Å². The van der Waals surface area contributed by atoms with Crippen molar-refractivity contribution in [3.05, 3.63) is 34.9 Å². The van der Waals surface area contributed by atoms with Crippen LogP contribution in [0.15, 0.2) is 18.2 Å². The first-order chi connectivity index (χ1) is 9.60. The van der Waals surface area contributed by atoms with E-state index in [1.807, 2.05) is 17.0 Å². The minimum absolute atomic E-state index is 0.113. The second-order valence-corrected chi connectivity index (χ2v) is 5.94. The average Bonchev–Trinajstić information content (AvgIpc) is 2.75. The van der Waals surface area contributed by atoms with E-state index in [4.69, 9.17) is 11.6 Å². The van der Waals surface area contributed by atoms with Gasteiger partial charge in [0, 0.05) is 18.8 Å². The standard InChI is InChI=1S/C14H15ClN2O2S/c15-6-8-1-2-10-9(5-8)7-17(14(10)20)11-3-4-12(18)16-13(11)19/h1-2,5,11,14,20H,3-4,6-7H2,(H,16,18,19). The highest BCUT2D eigenvalue weighted by atomic mass is 35.5. The summed E-state index contributed by atoms with van der Waals surface area (Å²) < 4.78 is 0. The second kappa shape index (κ2) is 5.39. The molecule has 2 amide bonds. The highest BCUT2D eigenvalue weighted by Crippen LogP contribution is 2.39. The van der Waals surface area contributed by atoms with Crippen molar-refractivity contribution < 1.29 is 9.59 Å². The fourth-order valence-corrected chi connectivity index (χ4v) is 3.53. The van der Waals surface area contributed by atoms with Crippen molar-refractivity contribution >= 4 is 36.0 Å². The van der Waals surface area contributed by atoms with Crippen molar-refractivity contribution in [3.8, 4) is 0 Å². The second-order valence-electron chi connectivity index (χ2n) is 5.18. The van der Waals surface area contributed by atoms with Crippen molar-refractivity contribution in [1.29, 1.82) is 0 Å². The van der Waals surface area contributed by atoms with Crippen LogP contribution in [0.4, 0.5) is 0 Å². The molecule has 1 aromatic carbocycles. The number of halogens is 1. The Balaban J connectivity index is 1.84. The van der Waals surface area contributed by atoms with E-state index < -0.39 is 0 Å². The summed E-state index contributed by atoms with van der Waals surface area (Å²) in [5.74, 6) is 0.0666. The van der Waals surface area contributed by atoms with Crippen LogP contribution in [0.25, 0.3) is 0 Å². The van der Waals surface area contributed by atoms with Gasteiger partial charge in [-0.2, -0.15) is 12.6 Å². The molecule has 0 radical (unpaired) electrons. The number of amides is 2. The number of hydrogen-bond acceptors (Lipinski definition) is 4. The molecule has 6 heteroatoms. The van der Waals surface area contributed by atoms with Crippen LogP contribution in [-0.4, -0.2) is 22.8 Å². The number of nitrogens with one attached hydrogen (secondary N) is 1. The lowest BCUT2D eigenvalue weighted by Gasteiger charge is -2.32. The molecule has 2 aliphatic heterocycles. The predicted octanol–water partition coefficient (Wildman–Crippen LogP) is 1.97. The quantitative estimate of drug-likeness (QED) is 0.499. The van der Waals surface area contributed by atoms with Crippen molar-refractivity contribution in [2.75, 3.05) is 0 Å². The normalized spacial score (nSPS) is 26.5. The highest BCUT2D eigenvalue weighted by molar-refractivity contribution is 7.80. The van der Waals surface area contributed by atoms with Gasteiger partial charge in [-0.15, -0.1) is 11.6 Å². The number of benzene rings is 1. The fraction of sp³-hybridized carbons (Fsp3) is 0.429. The molecule has 1 aromatic rings. The maximum absolute atomic E-state index is 12.0. The Bertz CT molecular complexity index is 578. The number of thiol groups is 1. The first kappa shape index (κ1) is 13.9. The average molecular weight is 311 g/mol. The summed E-state index contributed by atoms with van der Waals surface area (Å²) in [7, 11) is 0. The van der Waals surface area contributed by atoms with Gasteiger partial charge in [0.25, 0.3) is 0 Å². The molecule has 1 N–H and O–H groups in total. The van der Waals surface area contributed by atoms with Gasteiger partial charge in [0.15, 0.2) is 0 Å². The minimum Gasteiger partial charge on any atom is -0.295 e. The zero-order chi connectivity index (χ0) is 14.3. The lowest BCUT2D eigenvalue weighted by Crippen LogP contribution is -2.51. The lowest BCUT2D eigenvalue weighted by molar-refractivity contribution is -0.137. The Hall–Kier alpha value is -1.04. The molecule has 0 aromatic heterocycles. The molecule has 0 aliphatic carbocycles. The van der Waals surface area contributed by atoms with E-state index in [0.29, 0.717) is 25.3 Å². The number of alkyl halides is 1. The van der Waals surface area contributed by atoms with E-state index in [0.717, 1.165) is 16.7 Å². The molecule has 2 atom stereocenters. The van der Waals surface area contributed by atoms with Crippen molar-refractivity contribution in [1.82, 2.24) is 10.2 Å². The first-order valence-electron chi connectivity index (χ1n) is 6.55. The van der Waals surface area contributed by atoms with E-state index in [1.54, 1.807) is 0 Å². The topological polar surface area (TPSA) is 49.4 Å². The SMILES string of the molecule is O=C1CCC(N2Cc3cc(CCl)ccc3C2S)C(=O)N1. The monoisotopic (exact) mass is 310 g/mol. The van der Waals surface area contributed by atoms with E-state index in [2.05, 4.69) is 24.0 Å². The molecule has 1 saturated heterocycles. The molecule has 0 spiro atoms. The summed E-state index contributed by atoms with van der Waals surface area (Å²) in [4.78, 5) is 25.3. The van der Waals surface area contributed by atoms with Gasteiger partial charge in [-0.1, -0.05) is 18.2 Å². The van der Waals surface area contributed by atoms with Crippen LogP contribution in [0.3, 0.4) is 0 Å². The van der Waals surface area contributed by atoms with E-state index in [1.165, 1.54) is 0 Å². The molecule has 2 unspecified atom stereocenters. The summed E-state index contributed by atoms with van der Waals surface area (Å²) in [6.07, 6.45) is 0.939. The zero-order valence-electron chi connectivity index (χ0n) is 10.8. The number of carbonyl (C=O) groups is 2. The van der Waals surface area contributed by atoms with Crippen LogP contribution >= 0.6 is 24.2 Å². The lowest BCUT2D eigenvalue weighted by atomic mass is 10.0. The largest absolute Gasteiger partial charge is 0.295 e. The number of carbonyl (C=O) groups excluding carboxylic acids is 2. The minimum atomic E-state index is -0.290. The molecule has 2 heterocycles. The molecule has 0 bridgehead atoms. The van der Waals surface area contributed by atoms with Crippen LogP contribution in [0, 0.1) is 0 Å². The van der Waals surface area contributed by atoms with Crippen molar-refractivity contribution in [2.45, 2.75) is 36.7 Å². The number of imide groups is 1. The number of nitrogens with zero attached hydrogens (tertiary/aromatic N) is 1. The Labute approximate surface area is 127 Å². The Morgan fingerprint density at radius 3 is 2.90 bits per heavy atom. The van der Waals surface area contributed by atoms with Crippen LogP contribution in [0.1, 0.15) is 34.9 Å². The van der Waals surface area contributed by atoms with Gasteiger partial charge in [-0.05, 0) is 23.1 Å². The Morgan fingerprint density at radius 1 is 1.40 bits per heavy atom. The maximum Gasteiger partial charge on any atom is 0.243 e. The number of rotatable bonds is 2. The van der Waals surface area contributed by atoms with Crippen LogP contribution in [0.5, 0.6) is 0 Å². The summed E-state index contributed by atoms with van der Waals surface area (Å²) in [6.45, 7) is 0.667. The third-order valence-corrected chi connectivity index (χ3v) is 4.80. The van der Waals surface area contributed by atoms with E-state index in [9.17, 15) is 9.59 Å². The summed E-state index contributed by atoms with van der Waals surface area (Å²) in [6, 6.07) is 5.79. The van der Waals surface area contributed by atoms with Gasteiger partial charge in [0.05, 0.1) is 11.4 Å². The Morgan fingerprint density at radius 2 is 2.20 bits per heavy atom. The summed E-state index contributed by atoms with van der Waals surface area (Å²) >= 11 is 10.5. The first-order valence-corrected chi connectivity index (χ1v) is 7.60. The van der Waals surface area contributed by atoms with Gasteiger partial charge in [-0.3, -0.25) is 19.8 Å². The molecular formula is C14H15ClN2O2S. The smallest absolute Gasteiger partial charge is 0.243 e. The summed E-state index contributed by atoms with van der Waals surface area (Å²) in [5.41, 5.74) is 3.34. The van der Waals surface area contributed by atoms with Gasteiger partial charge in [0.2, 0.25) is 11.8 Å².